The molecule has 1 aliphatic rings. The summed E-state index contributed by atoms with van der Waals surface area (Å²) < 4.78 is 0. The van der Waals surface area contributed by atoms with E-state index in [-0.39, 0.29) is 23.0 Å². The van der Waals surface area contributed by atoms with Crippen molar-refractivity contribution in [2.45, 2.75) is 12.2 Å². The van der Waals surface area contributed by atoms with Crippen molar-refractivity contribution in [3.05, 3.63) is 27.1 Å². The van der Waals surface area contributed by atoms with Gasteiger partial charge in [0.05, 0.1) is 22.0 Å². The zero-order chi connectivity index (χ0) is 12.6. The predicted octanol–water partition coefficient (Wildman–Crippen LogP) is -0.166. The summed E-state index contributed by atoms with van der Waals surface area (Å²) in [5, 5.41) is 29.0. The quantitative estimate of drug-likeness (QED) is 0.566. The fourth-order valence-corrected chi connectivity index (χ4v) is 2.42. The Morgan fingerprint density at radius 2 is 2.00 bits per heavy atom. The number of amides is 1. The van der Waals surface area contributed by atoms with Gasteiger partial charge in [0.1, 0.15) is 0 Å². The van der Waals surface area contributed by atoms with E-state index in [1.165, 1.54) is 17.0 Å². The summed E-state index contributed by atoms with van der Waals surface area (Å²) in [5.41, 5.74) is 0. The molecule has 1 saturated heterocycles. The molecule has 1 aromatic rings. The normalized spacial score (nSPS) is 24.0. The van der Waals surface area contributed by atoms with Crippen LogP contribution in [0.15, 0.2) is 12.1 Å². The third-order valence-electron chi connectivity index (χ3n) is 2.53. The van der Waals surface area contributed by atoms with Crippen LogP contribution in [-0.4, -0.2) is 51.2 Å². The Kier molecular flexibility index (Phi) is 3.09. The van der Waals surface area contributed by atoms with Gasteiger partial charge in [0.2, 0.25) is 0 Å². The van der Waals surface area contributed by atoms with E-state index < -0.39 is 23.0 Å². The molecule has 2 heterocycles. The summed E-state index contributed by atoms with van der Waals surface area (Å²) in [6.07, 6.45) is -1.90. The molecule has 2 N–H and O–H groups in total. The Balaban J connectivity index is 2.12. The minimum Gasteiger partial charge on any atom is -0.388 e. The average Bonchev–Trinajstić information content (AvgIpc) is 2.86. The molecule has 2 atom stereocenters. The van der Waals surface area contributed by atoms with E-state index in [0.29, 0.717) is 0 Å². The Morgan fingerprint density at radius 3 is 2.47 bits per heavy atom. The van der Waals surface area contributed by atoms with Gasteiger partial charge in [-0.15, -0.1) is 0 Å². The fraction of sp³-hybridized carbons (Fsp3) is 0.444. The zero-order valence-corrected chi connectivity index (χ0v) is 9.46. The highest BCUT2D eigenvalue weighted by molar-refractivity contribution is 7.17. The number of hydrogen-bond donors (Lipinski definition) is 2. The number of rotatable bonds is 2. The van der Waals surface area contributed by atoms with Gasteiger partial charge in [-0.2, -0.15) is 0 Å². The van der Waals surface area contributed by atoms with Gasteiger partial charge < -0.3 is 15.1 Å². The minimum absolute atomic E-state index is 0.0473. The maximum absolute atomic E-state index is 11.9. The molecule has 92 valence electrons. The smallest absolute Gasteiger partial charge is 0.324 e. The second-order valence-corrected chi connectivity index (χ2v) is 4.80. The van der Waals surface area contributed by atoms with E-state index in [0.717, 1.165) is 11.3 Å². The molecule has 0 aliphatic carbocycles. The third-order valence-corrected chi connectivity index (χ3v) is 3.55. The molecule has 0 bridgehead atoms. The summed E-state index contributed by atoms with van der Waals surface area (Å²) in [6, 6.07) is 2.64. The Labute approximate surface area is 100 Å². The summed E-state index contributed by atoms with van der Waals surface area (Å²) in [4.78, 5) is 23.3. The van der Waals surface area contributed by atoms with Gasteiger partial charge in [-0.1, -0.05) is 11.3 Å². The molecule has 2 rings (SSSR count). The number of thiophene rings is 1. The molecule has 0 spiro atoms. The molecule has 1 aliphatic heterocycles. The van der Waals surface area contributed by atoms with Crippen molar-refractivity contribution in [2.24, 2.45) is 0 Å². The lowest BCUT2D eigenvalue weighted by atomic mass is 10.3. The largest absolute Gasteiger partial charge is 0.388 e. The van der Waals surface area contributed by atoms with E-state index in [9.17, 15) is 25.1 Å². The lowest BCUT2D eigenvalue weighted by Crippen LogP contribution is -2.29. The molecular weight excluding hydrogens is 248 g/mol. The molecule has 1 aromatic heterocycles. The predicted molar refractivity (Wildman–Crippen MR) is 58.9 cm³/mol. The lowest BCUT2D eigenvalue weighted by Gasteiger charge is -2.13. The van der Waals surface area contributed by atoms with Gasteiger partial charge in [-0.25, -0.2) is 0 Å². The molecule has 17 heavy (non-hydrogen) atoms. The standard InChI is InChI=1S/C9H10N2O5S/c12-5-3-10(4-6(5)13)9(14)7-1-2-8(17-7)11(15)16/h1-2,5-6,12-13H,3-4H2. The molecule has 1 fully saturated rings. The molecule has 1 amide bonds. The second-order valence-electron chi connectivity index (χ2n) is 3.74. The van der Waals surface area contributed by atoms with Crippen LogP contribution in [0.1, 0.15) is 9.67 Å². The maximum atomic E-state index is 11.9. The van der Waals surface area contributed by atoms with Gasteiger partial charge in [-0.3, -0.25) is 14.9 Å². The number of likely N-dealkylation sites (tertiary alicyclic amines) is 1. The van der Waals surface area contributed by atoms with Crippen LogP contribution in [0.3, 0.4) is 0 Å². The Hall–Kier alpha value is -1.51. The molecule has 2 unspecified atom stereocenters. The summed E-state index contributed by atoms with van der Waals surface area (Å²) in [7, 11) is 0. The molecular formula is C9H10N2O5S. The van der Waals surface area contributed by atoms with Gasteiger partial charge in [-0.05, 0) is 6.07 Å². The van der Waals surface area contributed by atoms with Crippen LogP contribution in [0.4, 0.5) is 5.00 Å². The van der Waals surface area contributed by atoms with Crippen molar-refractivity contribution in [3.8, 4) is 0 Å². The van der Waals surface area contributed by atoms with Crippen LogP contribution >= 0.6 is 11.3 Å². The van der Waals surface area contributed by atoms with Crippen molar-refractivity contribution >= 4 is 22.2 Å². The first-order valence-corrected chi connectivity index (χ1v) is 5.70. The van der Waals surface area contributed by atoms with E-state index >= 15 is 0 Å². The van der Waals surface area contributed by atoms with Gasteiger partial charge in [0, 0.05) is 19.2 Å². The van der Waals surface area contributed by atoms with E-state index in [4.69, 9.17) is 0 Å². The second kappa shape index (κ2) is 4.40. The van der Waals surface area contributed by atoms with Crippen molar-refractivity contribution in [1.82, 2.24) is 4.90 Å². The molecule has 7 nitrogen and oxygen atoms in total. The Bertz CT molecular complexity index is 450. The fourth-order valence-electron chi connectivity index (χ4n) is 1.63. The number of hydrogen-bond acceptors (Lipinski definition) is 6. The lowest BCUT2D eigenvalue weighted by molar-refractivity contribution is -0.380. The summed E-state index contributed by atoms with van der Waals surface area (Å²) in [5.74, 6) is -0.404. The van der Waals surface area contributed by atoms with Crippen LogP contribution in [0.5, 0.6) is 0 Å². The van der Waals surface area contributed by atoms with Crippen LogP contribution in [0.25, 0.3) is 0 Å². The van der Waals surface area contributed by atoms with Gasteiger partial charge >= 0.3 is 5.00 Å². The van der Waals surface area contributed by atoms with Crippen molar-refractivity contribution in [2.75, 3.05) is 13.1 Å². The average molecular weight is 258 g/mol. The molecule has 0 saturated carbocycles. The number of aliphatic hydroxyl groups excluding tert-OH is 2. The van der Waals surface area contributed by atoms with Crippen molar-refractivity contribution in [1.29, 1.82) is 0 Å². The highest BCUT2D eigenvalue weighted by Gasteiger charge is 2.33. The van der Waals surface area contributed by atoms with Crippen molar-refractivity contribution in [3.63, 3.8) is 0 Å². The first kappa shape index (κ1) is 12.0. The third kappa shape index (κ3) is 2.28. The topological polar surface area (TPSA) is 104 Å². The highest BCUT2D eigenvalue weighted by Crippen LogP contribution is 2.26. The van der Waals surface area contributed by atoms with Crippen molar-refractivity contribution < 1.29 is 19.9 Å². The summed E-state index contributed by atoms with van der Waals surface area (Å²) >= 11 is 0.785. The van der Waals surface area contributed by atoms with Crippen LogP contribution in [0, 0.1) is 10.1 Å². The number of nitro groups is 1. The summed E-state index contributed by atoms with van der Waals surface area (Å²) in [6.45, 7) is 0.0946. The molecule has 8 heteroatoms. The van der Waals surface area contributed by atoms with Crippen LogP contribution in [-0.2, 0) is 0 Å². The number of carbonyl (C=O) groups is 1. The molecule has 0 aromatic carbocycles. The number of β-amino-alcohol motifs (C(OH)–C–C–N with tert-alkyl or cyclic N) is 2. The number of carbonyl (C=O) groups excluding carboxylic acids is 1. The van der Waals surface area contributed by atoms with Crippen LogP contribution < -0.4 is 0 Å². The van der Waals surface area contributed by atoms with E-state index in [1.54, 1.807) is 0 Å². The van der Waals surface area contributed by atoms with Gasteiger partial charge in [0.25, 0.3) is 5.91 Å². The highest BCUT2D eigenvalue weighted by atomic mass is 32.1. The zero-order valence-electron chi connectivity index (χ0n) is 8.65. The SMILES string of the molecule is O=C(c1ccc([N+](=O)[O-])s1)N1CC(O)C(O)C1. The number of nitrogens with zero attached hydrogens (tertiary/aromatic N) is 2. The van der Waals surface area contributed by atoms with E-state index in [1.807, 2.05) is 0 Å². The monoisotopic (exact) mass is 258 g/mol. The number of aliphatic hydroxyl groups is 2. The van der Waals surface area contributed by atoms with Crippen LogP contribution in [0.2, 0.25) is 0 Å². The Morgan fingerprint density at radius 1 is 1.41 bits per heavy atom. The first-order valence-electron chi connectivity index (χ1n) is 4.88. The first-order chi connectivity index (χ1) is 7.99. The van der Waals surface area contributed by atoms with E-state index in [2.05, 4.69) is 0 Å². The minimum atomic E-state index is -0.950. The maximum Gasteiger partial charge on any atom is 0.324 e. The van der Waals surface area contributed by atoms with Gasteiger partial charge in [0.15, 0.2) is 0 Å². The molecule has 0 radical (unpaired) electrons.